The second-order valence-electron chi connectivity index (χ2n) is 5.88. The summed E-state index contributed by atoms with van der Waals surface area (Å²) < 4.78 is 13.4. The van der Waals surface area contributed by atoms with E-state index in [4.69, 9.17) is 9.47 Å². The van der Waals surface area contributed by atoms with Gasteiger partial charge in [-0.05, 0) is 38.6 Å². The third kappa shape index (κ3) is 3.40. The Morgan fingerprint density at radius 1 is 1.38 bits per heavy atom. The molecule has 0 aliphatic heterocycles. The van der Waals surface area contributed by atoms with Crippen LogP contribution in [0.1, 0.15) is 57.7 Å². The van der Waals surface area contributed by atoms with Crippen molar-refractivity contribution >= 4 is 0 Å². The summed E-state index contributed by atoms with van der Waals surface area (Å²) in [5, 5.41) is 8.09. The molecule has 5 heteroatoms. The van der Waals surface area contributed by atoms with E-state index in [0.29, 0.717) is 0 Å². The fourth-order valence-electron chi connectivity index (χ4n) is 3.22. The summed E-state index contributed by atoms with van der Waals surface area (Å²) in [6, 6.07) is 0.222. The van der Waals surface area contributed by atoms with E-state index in [1.807, 2.05) is 13.3 Å². The van der Waals surface area contributed by atoms with Gasteiger partial charge < -0.3 is 14.8 Å². The molecule has 1 N–H and O–H groups in total. The van der Waals surface area contributed by atoms with E-state index in [9.17, 15) is 0 Å². The highest BCUT2D eigenvalue weighted by Gasteiger charge is 2.40. The van der Waals surface area contributed by atoms with Crippen LogP contribution in [-0.4, -0.2) is 36.1 Å². The molecule has 2 rings (SSSR count). The van der Waals surface area contributed by atoms with Crippen LogP contribution in [0, 0.1) is 0 Å². The Morgan fingerprint density at radius 2 is 2.14 bits per heavy atom. The van der Waals surface area contributed by atoms with Crippen LogP contribution in [0.3, 0.4) is 0 Å². The zero-order valence-electron chi connectivity index (χ0n) is 13.8. The molecule has 120 valence electrons. The van der Waals surface area contributed by atoms with Crippen molar-refractivity contribution < 1.29 is 9.47 Å². The number of nitrogens with one attached hydrogen (secondary N) is 1. The first-order chi connectivity index (χ1) is 10.2. The topological polar surface area (TPSA) is 48.3 Å². The molecule has 0 radical (unpaired) electrons. The Bertz CT molecular complexity index is 435. The van der Waals surface area contributed by atoms with E-state index in [1.54, 1.807) is 7.11 Å². The van der Waals surface area contributed by atoms with Crippen LogP contribution in [-0.2, 0) is 11.3 Å². The molecule has 0 bridgehead atoms. The highest BCUT2D eigenvalue weighted by atomic mass is 16.5. The summed E-state index contributed by atoms with van der Waals surface area (Å²) in [6.07, 6.45) is 7.42. The van der Waals surface area contributed by atoms with Gasteiger partial charge in [0.15, 0.2) is 5.75 Å². The maximum Gasteiger partial charge on any atom is 0.161 e. The van der Waals surface area contributed by atoms with E-state index in [1.165, 1.54) is 6.42 Å². The van der Waals surface area contributed by atoms with Crippen molar-refractivity contribution in [1.82, 2.24) is 15.1 Å². The van der Waals surface area contributed by atoms with Crippen LogP contribution >= 0.6 is 0 Å². The average molecular weight is 295 g/mol. The van der Waals surface area contributed by atoms with Crippen molar-refractivity contribution in [2.45, 2.75) is 64.1 Å². The van der Waals surface area contributed by atoms with Gasteiger partial charge >= 0.3 is 0 Å². The molecule has 21 heavy (non-hydrogen) atoms. The highest BCUT2D eigenvalue weighted by Crippen LogP contribution is 2.43. The molecule has 0 amide bonds. The van der Waals surface area contributed by atoms with Gasteiger partial charge in [0.1, 0.15) is 0 Å². The van der Waals surface area contributed by atoms with Crippen molar-refractivity contribution in [1.29, 1.82) is 0 Å². The summed E-state index contributed by atoms with van der Waals surface area (Å²) in [6.45, 7) is 6.15. The number of ether oxygens (including phenoxy) is 2. The van der Waals surface area contributed by atoms with Gasteiger partial charge in [-0.3, -0.25) is 4.68 Å². The van der Waals surface area contributed by atoms with Crippen molar-refractivity contribution in [3.63, 3.8) is 0 Å². The quantitative estimate of drug-likeness (QED) is 0.761. The molecule has 0 spiro atoms. The van der Waals surface area contributed by atoms with Crippen LogP contribution in [0.25, 0.3) is 0 Å². The Balaban J connectivity index is 2.26. The SMILES string of the molecule is CCCn1ncc(OC)c1C(CC1(OC)CCC1)NCC. The van der Waals surface area contributed by atoms with Crippen LogP contribution in [0.15, 0.2) is 6.20 Å². The molecule has 1 aliphatic carbocycles. The maximum absolute atomic E-state index is 5.81. The summed E-state index contributed by atoms with van der Waals surface area (Å²) in [5.41, 5.74) is 1.18. The van der Waals surface area contributed by atoms with E-state index in [0.717, 1.165) is 50.2 Å². The molecule has 1 heterocycles. The van der Waals surface area contributed by atoms with Crippen LogP contribution in [0.5, 0.6) is 5.75 Å². The Labute approximate surface area is 128 Å². The standard InChI is InChI=1S/C16H29N3O2/c1-5-10-19-15(14(20-3)12-18-19)13(17-6-2)11-16(21-4)8-7-9-16/h12-13,17H,5-11H2,1-4H3. The minimum Gasteiger partial charge on any atom is -0.493 e. The number of rotatable bonds is 9. The third-order valence-corrected chi connectivity index (χ3v) is 4.55. The number of aromatic nitrogens is 2. The molecule has 1 aromatic heterocycles. The lowest BCUT2D eigenvalue weighted by atomic mass is 9.75. The molecule has 0 aromatic carbocycles. The number of methoxy groups -OCH3 is 2. The molecule has 1 saturated carbocycles. The Hall–Kier alpha value is -1.07. The monoisotopic (exact) mass is 295 g/mol. The second kappa shape index (κ2) is 7.27. The molecule has 5 nitrogen and oxygen atoms in total. The van der Waals surface area contributed by atoms with Crippen molar-refractivity contribution in [3.8, 4) is 5.75 Å². The fourth-order valence-corrected chi connectivity index (χ4v) is 3.22. The Morgan fingerprint density at radius 3 is 2.62 bits per heavy atom. The summed E-state index contributed by atoms with van der Waals surface area (Å²) in [7, 11) is 3.55. The average Bonchev–Trinajstić information content (AvgIpc) is 2.85. The molecular weight excluding hydrogens is 266 g/mol. The van der Waals surface area contributed by atoms with Crippen molar-refractivity contribution in [2.24, 2.45) is 0 Å². The van der Waals surface area contributed by atoms with Gasteiger partial charge in [-0.2, -0.15) is 5.10 Å². The predicted octanol–water partition coefficient (Wildman–Crippen LogP) is 2.91. The molecule has 1 fully saturated rings. The largest absolute Gasteiger partial charge is 0.493 e. The smallest absolute Gasteiger partial charge is 0.161 e. The van der Waals surface area contributed by atoms with Gasteiger partial charge in [0.05, 0.1) is 30.6 Å². The normalized spacial score (nSPS) is 18.3. The van der Waals surface area contributed by atoms with E-state index >= 15 is 0 Å². The molecule has 1 unspecified atom stereocenters. The minimum absolute atomic E-state index is 0.0269. The zero-order chi connectivity index (χ0) is 15.3. The van der Waals surface area contributed by atoms with E-state index in [-0.39, 0.29) is 11.6 Å². The third-order valence-electron chi connectivity index (χ3n) is 4.55. The minimum atomic E-state index is 0.0269. The van der Waals surface area contributed by atoms with Crippen LogP contribution in [0.4, 0.5) is 0 Å². The van der Waals surface area contributed by atoms with Crippen molar-refractivity contribution in [2.75, 3.05) is 20.8 Å². The Kier molecular flexibility index (Phi) is 5.65. The molecule has 0 saturated heterocycles. The number of hydrogen-bond acceptors (Lipinski definition) is 4. The van der Waals surface area contributed by atoms with Crippen LogP contribution < -0.4 is 10.1 Å². The summed E-state index contributed by atoms with van der Waals surface area (Å²) in [4.78, 5) is 0. The number of nitrogens with zero attached hydrogens (tertiary/aromatic N) is 2. The van der Waals surface area contributed by atoms with Gasteiger partial charge in [0.25, 0.3) is 0 Å². The molecule has 1 aromatic rings. The molecule has 1 aliphatic rings. The van der Waals surface area contributed by atoms with E-state index in [2.05, 4.69) is 28.9 Å². The summed E-state index contributed by atoms with van der Waals surface area (Å²) >= 11 is 0. The lowest BCUT2D eigenvalue weighted by molar-refractivity contribution is -0.0842. The van der Waals surface area contributed by atoms with Gasteiger partial charge in [0.2, 0.25) is 0 Å². The summed E-state index contributed by atoms with van der Waals surface area (Å²) in [5.74, 6) is 0.875. The predicted molar refractivity (Wildman–Crippen MR) is 83.7 cm³/mol. The van der Waals surface area contributed by atoms with Gasteiger partial charge in [-0.1, -0.05) is 13.8 Å². The van der Waals surface area contributed by atoms with Gasteiger partial charge in [0, 0.05) is 13.7 Å². The van der Waals surface area contributed by atoms with Crippen molar-refractivity contribution in [3.05, 3.63) is 11.9 Å². The van der Waals surface area contributed by atoms with E-state index < -0.39 is 0 Å². The van der Waals surface area contributed by atoms with Gasteiger partial charge in [-0.15, -0.1) is 0 Å². The number of hydrogen-bond donors (Lipinski definition) is 1. The highest BCUT2D eigenvalue weighted by molar-refractivity contribution is 5.29. The molecular formula is C16H29N3O2. The fraction of sp³-hybridized carbons (Fsp3) is 0.812. The lowest BCUT2D eigenvalue weighted by Gasteiger charge is -2.43. The number of aryl methyl sites for hydroxylation is 1. The van der Waals surface area contributed by atoms with Gasteiger partial charge in [-0.25, -0.2) is 0 Å². The first kappa shape index (κ1) is 16.3. The lowest BCUT2D eigenvalue weighted by Crippen LogP contribution is -2.43. The zero-order valence-corrected chi connectivity index (χ0v) is 13.8. The first-order valence-corrected chi connectivity index (χ1v) is 8.08. The van der Waals surface area contributed by atoms with Crippen LogP contribution in [0.2, 0.25) is 0 Å². The molecule has 1 atom stereocenters. The maximum atomic E-state index is 5.81. The first-order valence-electron chi connectivity index (χ1n) is 8.08. The second-order valence-corrected chi connectivity index (χ2v) is 5.88.